The smallest absolute Gasteiger partial charge is 0.294 e. The van der Waals surface area contributed by atoms with Gasteiger partial charge < -0.3 is 0 Å². The van der Waals surface area contributed by atoms with Gasteiger partial charge in [0.1, 0.15) is 0 Å². The van der Waals surface area contributed by atoms with Gasteiger partial charge in [-0.25, -0.2) is 4.68 Å². The molecular formula is C13H13N3O4S. The van der Waals surface area contributed by atoms with E-state index < -0.39 is 10.1 Å². The minimum absolute atomic E-state index is 0.0574. The first-order valence-corrected chi connectivity index (χ1v) is 7.83. The maximum atomic E-state index is 11.7. The SMILES string of the molecule is O=C1CCCN1c1ccn(-c2ccc(S(=O)(=O)O)cc2)n1. The molecule has 3 rings (SSSR count). The van der Waals surface area contributed by atoms with E-state index in [1.807, 2.05) is 0 Å². The maximum absolute atomic E-state index is 11.7. The molecule has 7 nitrogen and oxygen atoms in total. The average Bonchev–Trinajstić information content (AvgIpc) is 3.06. The van der Waals surface area contributed by atoms with Crippen LogP contribution in [0.2, 0.25) is 0 Å². The largest absolute Gasteiger partial charge is 0.295 e. The first kappa shape index (κ1) is 13.8. The second-order valence-corrected chi connectivity index (χ2v) is 6.16. The third-order valence-electron chi connectivity index (χ3n) is 3.32. The van der Waals surface area contributed by atoms with Gasteiger partial charge in [0, 0.05) is 25.2 Å². The molecule has 21 heavy (non-hydrogen) atoms. The predicted octanol–water partition coefficient (Wildman–Crippen LogP) is 1.25. The first-order valence-electron chi connectivity index (χ1n) is 6.39. The number of rotatable bonds is 3. The topological polar surface area (TPSA) is 92.5 Å². The fraction of sp³-hybridized carbons (Fsp3) is 0.231. The molecule has 1 aliphatic rings. The lowest BCUT2D eigenvalue weighted by molar-refractivity contribution is -0.117. The van der Waals surface area contributed by atoms with Gasteiger partial charge in [-0.15, -0.1) is 5.10 Å². The molecule has 1 aromatic carbocycles. The zero-order valence-electron chi connectivity index (χ0n) is 11.0. The summed E-state index contributed by atoms with van der Waals surface area (Å²) in [7, 11) is -4.20. The number of benzene rings is 1. The summed E-state index contributed by atoms with van der Waals surface area (Å²) in [6, 6.07) is 7.40. The molecule has 0 radical (unpaired) electrons. The highest BCUT2D eigenvalue weighted by Crippen LogP contribution is 2.20. The van der Waals surface area contributed by atoms with Gasteiger partial charge in [-0.2, -0.15) is 8.42 Å². The van der Waals surface area contributed by atoms with Crippen LogP contribution in [0, 0.1) is 0 Å². The fourth-order valence-electron chi connectivity index (χ4n) is 2.26. The Balaban J connectivity index is 1.88. The summed E-state index contributed by atoms with van der Waals surface area (Å²) < 4.78 is 32.5. The molecule has 0 spiro atoms. The van der Waals surface area contributed by atoms with Crippen LogP contribution in [-0.4, -0.2) is 35.2 Å². The average molecular weight is 307 g/mol. The van der Waals surface area contributed by atoms with Gasteiger partial charge in [0.2, 0.25) is 5.91 Å². The van der Waals surface area contributed by atoms with E-state index in [0.29, 0.717) is 24.5 Å². The Morgan fingerprint density at radius 2 is 1.86 bits per heavy atom. The van der Waals surface area contributed by atoms with Crippen LogP contribution in [0.4, 0.5) is 5.82 Å². The van der Waals surface area contributed by atoms with Crippen molar-refractivity contribution in [1.82, 2.24) is 9.78 Å². The molecule has 2 aromatic rings. The van der Waals surface area contributed by atoms with Crippen molar-refractivity contribution in [3.05, 3.63) is 36.5 Å². The summed E-state index contributed by atoms with van der Waals surface area (Å²) in [4.78, 5) is 13.1. The van der Waals surface area contributed by atoms with Crippen LogP contribution >= 0.6 is 0 Å². The Morgan fingerprint density at radius 1 is 1.14 bits per heavy atom. The van der Waals surface area contributed by atoms with Crippen molar-refractivity contribution >= 4 is 21.8 Å². The van der Waals surface area contributed by atoms with E-state index in [1.54, 1.807) is 21.8 Å². The van der Waals surface area contributed by atoms with Crippen LogP contribution in [0.25, 0.3) is 5.69 Å². The van der Waals surface area contributed by atoms with Gasteiger partial charge in [0.25, 0.3) is 10.1 Å². The second-order valence-electron chi connectivity index (χ2n) is 4.74. The molecule has 1 amide bonds. The lowest BCUT2D eigenvalue weighted by atomic mass is 10.3. The molecule has 8 heteroatoms. The first-order chi connectivity index (χ1) is 9.95. The second kappa shape index (κ2) is 4.97. The number of nitrogens with zero attached hydrogens (tertiary/aromatic N) is 3. The molecule has 0 bridgehead atoms. The quantitative estimate of drug-likeness (QED) is 0.861. The molecule has 0 atom stereocenters. The number of amides is 1. The Hall–Kier alpha value is -2.19. The van der Waals surface area contributed by atoms with Gasteiger partial charge in [-0.05, 0) is 30.7 Å². The van der Waals surface area contributed by atoms with E-state index in [1.165, 1.54) is 24.3 Å². The van der Waals surface area contributed by atoms with Crippen molar-refractivity contribution in [2.45, 2.75) is 17.7 Å². The van der Waals surface area contributed by atoms with Gasteiger partial charge in [0.05, 0.1) is 10.6 Å². The molecule has 0 aliphatic carbocycles. The Labute approximate surface area is 121 Å². The predicted molar refractivity (Wildman–Crippen MR) is 75.0 cm³/mol. The lowest BCUT2D eigenvalue weighted by Crippen LogP contribution is -2.24. The summed E-state index contributed by atoms with van der Waals surface area (Å²) in [5.74, 6) is 0.637. The highest BCUT2D eigenvalue weighted by atomic mass is 32.2. The van der Waals surface area contributed by atoms with Crippen LogP contribution in [0.15, 0.2) is 41.4 Å². The number of hydrogen-bond donors (Lipinski definition) is 1. The third kappa shape index (κ3) is 2.67. The molecule has 0 saturated carbocycles. The van der Waals surface area contributed by atoms with Crippen molar-refractivity contribution in [2.75, 3.05) is 11.4 Å². The maximum Gasteiger partial charge on any atom is 0.294 e. The summed E-state index contributed by atoms with van der Waals surface area (Å²) in [5.41, 5.74) is 0.639. The molecule has 1 saturated heterocycles. The minimum Gasteiger partial charge on any atom is -0.295 e. The zero-order valence-corrected chi connectivity index (χ0v) is 11.8. The normalized spacial score (nSPS) is 15.7. The van der Waals surface area contributed by atoms with Crippen molar-refractivity contribution in [2.24, 2.45) is 0 Å². The minimum atomic E-state index is -4.20. The van der Waals surface area contributed by atoms with Crippen molar-refractivity contribution < 1.29 is 17.8 Å². The van der Waals surface area contributed by atoms with E-state index in [9.17, 15) is 13.2 Å². The van der Waals surface area contributed by atoms with Crippen LogP contribution < -0.4 is 4.90 Å². The number of hydrogen-bond acceptors (Lipinski definition) is 4. The van der Waals surface area contributed by atoms with Crippen LogP contribution in [0.5, 0.6) is 0 Å². The molecule has 2 heterocycles. The standard InChI is InChI=1S/C13H13N3O4S/c17-13-2-1-8-15(13)12-7-9-16(14-12)10-3-5-11(6-4-10)21(18,19)20/h3-7,9H,1-2,8H2,(H,18,19,20). The number of carbonyl (C=O) groups excluding carboxylic acids is 1. The molecule has 1 aromatic heterocycles. The van der Waals surface area contributed by atoms with Gasteiger partial charge in [-0.3, -0.25) is 14.2 Å². The molecular weight excluding hydrogens is 294 g/mol. The van der Waals surface area contributed by atoms with Crippen molar-refractivity contribution in [3.8, 4) is 5.69 Å². The van der Waals surface area contributed by atoms with Crippen LogP contribution in [0.3, 0.4) is 0 Å². The number of aromatic nitrogens is 2. The van der Waals surface area contributed by atoms with Gasteiger partial charge in [-0.1, -0.05) is 0 Å². The van der Waals surface area contributed by atoms with E-state index in [0.717, 1.165) is 6.42 Å². The van der Waals surface area contributed by atoms with Crippen LogP contribution in [-0.2, 0) is 14.9 Å². The monoisotopic (exact) mass is 307 g/mol. The summed E-state index contributed by atoms with van der Waals surface area (Å²) in [6.07, 6.45) is 3.06. The Bertz CT molecular complexity index is 780. The van der Waals surface area contributed by atoms with E-state index in [4.69, 9.17) is 4.55 Å². The number of carbonyl (C=O) groups is 1. The van der Waals surface area contributed by atoms with Gasteiger partial charge >= 0.3 is 0 Å². The highest BCUT2D eigenvalue weighted by molar-refractivity contribution is 7.85. The zero-order chi connectivity index (χ0) is 15.0. The van der Waals surface area contributed by atoms with Crippen molar-refractivity contribution in [3.63, 3.8) is 0 Å². The third-order valence-corrected chi connectivity index (χ3v) is 4.19. The summed E-state index contributed by atoms with van der Waals surface area (Å²) in [6.45, 7) is 0.664. The van der Waals surface area contributed by atoms with Gasteiger partial charge in [0.15, 0.2) is 5.82 Å². The van der Waals surface area contributed by atoms with Crippen LogP contribution in [0.1, 0.15) is 12.8 Å². The molecule has 1 aliphatic heterocycles. The van der Waals surface area contributed by atoms with E-state index >= 15 is 0 Å². The Morgan fingerprint density at radius 3 is 2.43 bits per heavy atom. The van der Waals surface area contributed by atoms with E-state index in [2.05, 4.69) is 5.10 Å². The molecule has 1 fully saturated rings. The highest BCUT2D eigenvalue weighted by Gasteiger charge is 2.23. The fourth-order valence-corrected chi connectivity index (χ4v) is 2.74. The molecule has 0 unspecified atom stereocenters. The lowest BCUT2D eigenvalue weighted by Gasteiger charge is -2.11. The molecule has 110 valence electrons. The van der Waals surface area contributed by atoms with Crippen molar-refractivity contribution in [1.29, 1.82) is 0 Å². The number of anilines is 1. The summed E-state index contributed by atoms with van der Waals surface area (Å²) >= 11 is 0. The molecule has 1 N–H and O–H groups in total. The van der Waals surface area contributed by atoms with E-state index in [-0.39, 0.29) is 10.8 Å². The summed E-state index contributed by atoms with van der Waals surface area (Å²) in [5, 5.41) is 4.31. The Kier molecular flexibility index (Phi) is 3.26.